The maximum Gasteiger partial charge on any atom is 0.511 e. The van der Waals surface area contributed by atoms with Gasteiger partial charge in [0.1, 0.15) is 0 Å². The van der Waals surface area contributed by atoms with E-state index < -0.39 is 15.5 Å². The Morgan fingerprint density at radius 1 is 1.10 bits per heavy atom. The molecule has 0 aromatic rings. The van der Waals surface area contributed by atoms with E-state index in [4.69, 9.17) is 4.99 Å². The Hall–Kier alpha value is -1.07. The van der Waals surface area contributed by atoms with Crippen molar-refractivity contribution in [1.82, 2.24) is 19.4 Å². The molecule has 2 heterocycles. The Morgan fingerprint density at radius 3 is 2.24 bits per heavy atom. The zero-order valence-corrected chi connectivity index (χ0v) is 18.4. The Bertz CT molecular complexity index is 644. The predicted molar refractivity (Wildman–Crippen MR) is 108 cm³/mol. The molecule has 0 saturated carbocycles. The van der Waals surface area contributed by atoms with Crippen molar-refractivity contribution < 1.29 is 21.6 Å². The molecule has 7 nitrogen and oxygen atoms in total. The van der Waals surface area contributed by atoms with Crippen molar-refractivity contribution in [2.24, 2.45) is 10.9 Å². The molecule has 0 amide bonds. The van der Waals surface area contributed by atoms with Gasteiger partial charge in [-0.05, 0) is 45.2 Å². The van der Waals surface area contributed by atoms with Crippen molar-refractivity contribution in [1.29, 1.82) is 0 Å². The number of aliphatic imine (C=N–C) groups is 1. The molecule has 2 saturated heterocycles. The third-order valence-electron chi connectivity index (χ3n) is 5.83. The number of piperidine rings is 1. The summed E-state index contributed by atoms with van der Waals surface area (Å²) < 4.78 is 61.7. The lowest BCUT2D eigenvalue weighted by Crippen LogP contribution is -2.45. The predicted octanol–water partition coefficient (Wildman–Crippen LogP) is 1.93. The van der Waals surface area contributed by atoms with Crippen molar-refractivity contribution in [3.05, 3.63) is 0 Å². The zero-order valence-electron chi connectivity index (χ0n) is 17.6. The molecule has 0 aromatic carbocycles. The summed E-state index contributed by atoms with van der Waals surface area (Å²) in [4.78, 5) is 9.41. The standard InChI is InChI=1S/C18H34F3N5O2S/c1-4-22-17(25-10-9-16(14-25)24(5-2)6-3)23-13-15-7-11-26(12-8-15)29(27,28)18(19,20)21/h15-16H,4-14H2,1-3H3,(H,22,23). The highest BCUT2D eigenvalue weighted by atomic mass is 32.2. The number of likely N-dealkylation sites (tertiary alicyclic amines) is 1. The summed E-state index contributed by atoms with van der Waals surface area (Å²) in [5, 5.41) is 3.31. The van der Waals surface area contributed by atoms with Crippen LogP contribution in [-0.2, 0) is 10.0 Å². The van der Waals surface area contributed by atoms with E-state index in [1.807, 2.05) is 6.92 Å². The minimum absolute atomic E-state index is 0.0875. The third kappa shape index (κ3) is 5.97. The van der Waals surface area contributed by atoms with Gasteiger partial charge in [-0.3, -0.25) is 9.89 Å². The molecule has 2 aliphatic heterocycles. The Morgan fingerprint density at radius 2 is 1.72 bits per heavy atom. The molecule has 170 valence electrons. The molecule has 0 aliphatic carbocycles. The average Bonchev–Trinajstić information content (AvgIpc) is 3.15. The van der Waals surface area contributed by atoms with E-state index in [0.29, 0.717) is 29.7 Å². The molecule has 1 unspecified atom stereocenters. The number of likely N-dealkylation sites (N-methyl/N-ethyl adjacent to an activating group) is 1. The van der Waals surface area contributed by atoms with Gasteiger partial charge in [0.25, 0.3) is 0 Å². The first-order valence-electron chi connectivity index (χ1n) is 10.5. The lowest BCUT2D eigenvalue weighted by Gasteiger charge is -2.31. The van der Waals surface area contributed by atoms with Crippen LogP contribution in [0.1, 0.15) is 40.0 Å². The average molecular weight is 442 g/mol. The van der Waals surface area contributed by atoms with Crippen LogP contribution in [-0.4, -0.2) is 92.4 Å². The lowest BCUT2D eigenvalue weighted by molar-refractivity contribution is -0.0496. The van der Waals surface area contributed by atoms with Gasteiger partial charge >= 0.3 is 15.5 Å². The first-order valence-corrected chi connectivity index (χ1v) is 11.9. The summed E-state index contributed by atoms with van der Waals surface area (Å²) in [6.07, 6.45) is 1.86. The van der Waals surface area contributed by atoms with Crippen molar-refractivity contribution in [3.8, 4) is 0 Å². The molecule has 0 spiro atoms. The summed E-state index contributed by atoms with van der Waals surface area (Å²) in [7, 11) is -5.22. The normalized spacial score (nSPS) is 23.2. The van der Waals surface area contributed by atoms with Gasteiger partial charge in [0, 0.05) is 45.3 Å². The van der Waals surface area contributed by atoms with Crippen LogP contribution in [0.4, 0.5) is 13.2 Å². The first kappa shape index (κ1) is 24.2. The summed E-state index contributed by atoms with van der Waals surface area (Å²) in [6.45, 7) is 11.2. The van der Waals surface area contributed by atoms with Crippen molar-refractivity contribution in [2.75, 3.05) is 52.4 Å². The maximum atomic E-state index is 12.7. The minimum atomic E-state index is -5.23. The van der Waals surface area contributed by atoms with Gasteiger partial charge in [0.2, 0.25) is 0 Å². The molecule has 1 N–H and O–H groups in total. The molecular weight excluding hydrogens is 407 g/mol. The third-order valence-corrected chi connectivity index (χ3v) is 7.46. The van der Waals surface area contributed by atoms with Crippen LogP contribution in [0.5, 0.6) is 0 Å². The number of guanidine groups is 1. The number of alkyl halides is 3. The van der Waals surface area contributed by atoms with E-state index in [-0.39, 0.29) is 19.0 Å². The van der Waals surface area contributed by atoms with E-state index in [0.717, 1.165) is 45.1 Å². The van der Waals surface area contributed by atoms with Gasteiger partial charge in [-0.25, -0.2) is 8.42 Å². The Balaban J connectivity index is 1.92. The van der Waals surface area contributed by atoms with Crippen LogP contribution in [0, 0.1) is 5.92 Å². The van der Waals surface area contributed by atoms with Crippen molar-refractivity contribution >= 4 is 16.0 Å². The van der Waals surface area contributed by atoms with Gasteiger partial charge in [-0.1, -0.05) is 13.8 Å². The summed E-state index contributed by atoms with van der Waals surface area (Å²) >= 11 is 0. The van der Waals surface area contributed by atoms with Crippen LogP contribution in [0.15, 0.2) is 4.99 Å². The van der Waals surface area contributed by atoms with Gasteiger partial charge < -0.3 is 10.2 Å². The summed E-state index contributed by atoms with van der Waals surface area (Å²) in [6, 6.07) is 0.504. The number of nitrogens with one attached hydrogen (secondary N) is 1. The van der Waals surface area contributed by atoms with Crippen LogP contribution in [0.25, 0.3) is 0 Å². The molecular formula is C18H34F3N5O2S. The second-order valence-corrected chi connectivity index (χ2v) is 9.53. The van der Waals surface area contributed by atoms with Crippen LogP contribution >= 0.6 is 0 Å². The number of hydrogen-bond acceptors (Lipinski definition) is 4. The molecule has 1 atom stereocenters. The lowest BCUT2D eigenvalue weighted by atomic mass is 9.98. The van der Waals surface area contributed by atoms with Gasteiger partial charge in [-0.15, -0.1) is 0 Å². The molecule has 11 heteroatoms. The molecule has 0 aromatic heterocycles. The van der Waals surface area contributed by atoms with E-state index >= 15 is 0 Å². The molecule has 0 radical (unpaired) electrons. The van der Waals surface area contributed by atoms with Crippen LogP contribution in [0.3, 0.4) is 0 Å². The zero-order chi connectivity index (χ0) is 21.7. The smallest absolute Gasteiger partial charge is 0.357 e. The van der Waals surface area contributed by atoms with E-state index in [2.05, 4.69) is 29.0 Å². The van der Waals surface area contributed by atoms with Crippen LogP contribution < -0.4 is 5.32 Å². The SMILES string of the molecule is CCNC(=NCC1CCN(S(=O)(=O)C(F)(F)F)CC1)N1CCC(N(CC)CC)C1. The highest BCUT2D eigenvalue weighted by Crippen LogP contribution is 2.30. The quantitative estimate of drug-likeness (QED) is 0.483. The summed E-state index contributed by atoms with van der Waals surface area (Å²) in [5.41, 5.74) is -5.23. The van der Waals surface area contributed by atoms with Gasteiger partial charge in [0.15, 0.2) is 5.96 Å². The molecule has 2 aliphatic rings. The Kier molecular flexibility index (Phi) is 8.59. The van der Waals surface area contributed by atoms with Gasteiger partial charge in [0.05, 0.1) is 0 Å². The second kappa shape index (κ2) is 10.3. The van der Waals surface area contributed by atoms with Gasteiger partial charge in [-0.2, -0.15) is 17.5 Å². The number of sulfonamides is 1. The first-order chi connectivity index (χ1) is 13.6. The molecule has 0 bridgehead atoms. The Labute approximate surface area is 172 Å². The summed E-state index contributed by atoms with van der Waals surface area (Å²) in [5.74, 6) is 0.928. The van der Waals surface area contributed by atoms with E-state index in [1.54, 1.807) is 0 Å². The number of halogens is 3. The maximum absolute atomic E-state index is 12.7. The highest BCUT2D eigenvalue weighted by Gasteiger charge is 2.50. The molecule has 2 fully saturated rings. The van der Waals surface area contributed by atoms with E-state index in [1.165, 1.54) is 0 Å². The highest BCUT2D eigenvalue weighted by molar-refractivity contribution is 7.90. The number of hydrogen-bond donors (Lipinski definition) is 1. The van der Waals surface area contributed by atoms with Crippen molar-refractivity contribution in [2.45, 2.75) is 51.6 Å². The number of nitrogens with zero attached hydrogens (tertiary/aromatic N) is 4. The molecule has 2 rings (SSSR count). The largest absolute Gasteiger partial charge is 0.511 e. The molecule has 29 heavy (non-hydrogen) atoms. The van der Waals surface area contributed by atoms with E-state index in [9.17, 15) is 21.6 Å². The fraction of sp³-hybridized carbons (Fsp3) is 0.944. The number of rotatable bonds is 7. The minimum Gasteiger partial charge on any atom is -0.357 e. The van der Waals surface area contributed by atoms with Crippen molar-refractivity contribution in [3.63, 3.8) is 0 Å². The topological polar surface area (TPSA) is 68.2 Å². The fourth-order valence-corrected chi connectivity index (χ4v) is 5.08. The fourth-order valence-electron chi connectivity index (χ4n) is 4.09. The second-order valence-electron chi connectivity index (χ2n) is 7.60. The monoisotopic (exact) mass is 441 g/mol. The van der Waals surface area contributed by atoms with Crippen LogP contribution in [0.2, 0.25) is 0 Å².